The van der Waals surface area contributed by atoms with Crippen molar-refractivity contribution >= 4 is 22.9 Å². The highest BCUT2D eigenvalue weighted by molar-refractivity contribution is 5.92. The number of aromatic nitrogens is 2. The van der Waals surface area contributed by atoms with Gasteiger partial charge in [-0.3, -0.25) is 10.1 Å². The Balaban J connectivity index is 1.60. The first-order chi connectivity index (χ1) is 13.9. The van der Waals surface area contributed by atoms with Gasteiger partial charge in [0.15, 0.2) is 0 Å². The van der Waals surface area contributed by atoms with Crippen molar-refractivity contribution in [2.24, 2.45) is 0 Å². The topological polar surface area (TPSA) is 90.9 Å². The molecule has 7 heteroatoms. The molecule has 1 unspecified atom stereocenters. The van der Waals surface area contributed by atoms with Crippen LogP contribution in [0.2, 0.25) is 0 Å². The molecule has 0 aliphatic heterocycles. The monoisotopic (exact) mass is 392 g/mol. The Bertz CT molecular complexity index is 1110. The van der Waals surface area contributed by atoms with E-state index in [1.165, 1.54) is 31.2 Å². The van der Waals surface area contributed by atoms with Gasteiger partial charge in [0.25, 0.3) is 0 Å². The molecule has 1 aliphatic rings. The number of aliphatic hydroxyl groups is 1. The van der Waals surface area contributed by atoms with Gasteiger partial charge in [0.2, 0.25) is 11.9 Å². The molecule has 1 heterocycles. The Morgan fingerprint density at radius 1 is 1.34 bits per heavy atom. The molecule has 0 bridgehead atoms. The zero-order chi connectivity index (χ0) is 20.6. The van der Waals surface area contributed by atoms with E-state index >= 15 is 0 Å². The van der Waals surface area contributed by atoms with Crippen LogP contribution < -0.4 is 5.32 Å². The van der Waals surface area contributed by atoms with E-state index in [0.29, 0.717) is 22.6 Å². The maximum absolute atomic E-state index is 13.1. The number of hydrogen-bond donors (Lipinski definition) is 2. The summed E-state index contributed by atoms with van der Waals surface area (Å²) in [5, 5.41) is 22.7. The van der Waals surface area contributed by atoms with Gasteiger partial charge in [0.05, 0.1) is 34.7 Å². The molecular weight excluding hydrogens is 371 g/mol. The van der Waals surface area contributed by atoms with E-state index in [2.05, 4.69) is 16.4 Å². The summed E-state index contributed by atoms with van der Waals surface area (Å²) in [5.41, 5.74) is 1.07. The number of nitrogens with one attached hydrogen (secondary N) is 1. The third-order valence-electron chi connectivity index (χ3n) is 5.48. The van der Waals surface area contributed by atoms with Crippen molar-refractivity contribution in [1.29, 1.82) is 5.26 Å². The summed E-state index contributed by atoms with van der Waals surface area (Å²) in [4.78, 5) is 17.2. The fourth-order valence-corrected chi connectivity index (χ4v) is 3.66. The Morgan fingerprint density at radius 3 is 2.69 bits per heavy atom. The van der Waals surface area contributed by atoms with E-state index in [9.17, 15) is 19.6 Å². The van der Waals surface area contributed by atoms with Crippen LogP contribution in [0.5, 0.6) is 0 Å². The summed E-state index contributed by atoms with van der Waals surface area (Å²) in [6.07, 6.45) is 2.88. The maximum atomic E-state index is 13.1. The van der Waals surface area contributed by atoms with Crippen molar-refractivity contribution in [3.05, 3.63) is 59.4 Å². The van der Waals surface area contributed by atoms with Gasteiger partial charge < -0.3 is 9.67 Å². The fourth-order valence-electron chi connectivity index (χ4n) is 3.66. The first kappa shape index (κ1) is 19.1. The Kier molecular flexibility index (Phi) is 4.81. The first-order valence-electron chi connectivity index (χ1n) is 9.58. The third kappa shape index (κ3) is 3.71. The SMILES string of the molecule is CC(O)(CC(=O)Nc1nc2ccc(C#N)cc2n1C1CCC1)c1ccc(F)cc1. The molecule has 0 spiro atoms. The van der Waals surface area contributed by atoms with Gasteiger partial charge in [0, 0.05) is 6.04 Å². The molecule has 2 N–H and O–H groups in total. The van der Waals surface area contributed by atoms with Crippen molar-refractivity contribution in [2.75, 3.05) is 5.32 Å². The molecule has 1 amide bonds. The lowest BCUT2D eigenvalue weighted by atomic mass is 9.92. The summed E-state index contributed by atoms with van der Waals surface area (Å²) in [6.45, 7) is 1.52. The summed E-state index contributed by atoms with van der Waals surface area (Å²) >= 11 is 0. The molecule has 29 heavy (non-hydrogen) atoms. The van der Waals surface area contributed by atoms with Gasteiger partial charge in [-0.2, -0.15) is 5.26 Å². The highest BCUT2D eigenvalue weighted by atomic mass is 19.1. The van der Waals surface area contributed by atoms with E-state index in [1.54, 1.807) is 18.2 Å². The number of anilines is 1. The van der Waals surface area contributed by atoms with Crippen LogP contribution in [-0.2, 0) is 10.4 Å². The van der Waals surface area contributed by atoms with Crippen LogP contribution in [0.3, 0.4) is 0 Å². The number of fused-ring (bicyclic) bond motifs is 1. The number of benzene rings is 2. The largest absolute Gasteiger partial charge is 0.385 e. The molecule has 1 atom stereocenters. The van der Waals surface area contributed by atoms with Gasteiger partial charge in [-0.15, -0.1) is 0 Å². The second kappa shape index (κ2) is 7.30. The lowest BCUT2D eigenvalue weighted by Crippen LogP contribution is -2.30. The summed E-state index contributed by atoms with van der Waals surface area (Å²) in [5.74, 6) is -0.379. The quantitative estimate of drug-likeness (QED) is 0.686. The molecule has 3 aromatic rings. The number of carbonyl (C=O) groups is 1. The van der Waals surface area contributed by atoms with E-state index in [4.69, 9.17) is 0 Å². The van der Waals surface area contributed by atoms with Crippen LogP contribution in [0.25, 0.3) is 11.0 Å². The average molecular weight is 392 g/mol. The van der Waals surface area contributed by atoms with Crippen LogP contribution in [0.4, 0.5) is 10.3 Å². The normalized spacial score (nSPS) is 16.1. The second-order valence-electron chi connectivity index (χ2n) is 7.71. The van der Waals surface area contributed by atoms with Gasteiger partial charge in [-0.25, -0.2) is 9.37 Å². The van der Waals surface area contributed by atoms with Crippen molar-refractivity contribution in [3.63, 3.8) is 0 Å². The van der Waals surface area contributed by atoms with Crippen molar-refractivity contribution < 1.29 is 14.3 Å². The lowest BCUT2D eigenvalue weighted by Gasteiger charge is -2.29. The highest BCUT2D eigenvalue weighted by Gasteiger charge is 2.29. The number of halogens is 1. The first-order valence-corrected chi connectivity index (χ1v) is 9.58. The van der Waals surface area contributed by atoms with Crippen LogP contribution in [0.1, 0.15) is 49.8 Å². The molecule has 0 radical (unpaired) electrons. The minimum absolute atomic E-state index is 0.198. The van der Waals surface area contributed by atoms with Gasteiger partial charge in [-0.1, -0.05) is 12.1 Å². The zero-order valence-electron chi connectivity index (χ0n) is 16.0. The zero-order valence-corrected chi connectivity index (χ0v) is 16.0. The molecule has 148 valence electrons. The lowest BCUT2D eigenvalue weighted by molar-refractivity contribution is -0.120. The summed E-state index contributed by atoms with van der Waals surface area (Å²) in [7, 11) is 0. The second-order valence-corrected chi connectivity index (χ2v) is 7.71. The van der Waals surface area contributed by atoms with Crippen LogP contribution in [0.15, 0.2) is 42.5 Å². The number of carbonyl (C=O) groups excluding carboxylic acids is 1. The number of amides is 1. The standard InChI is InChI=1S/C22H21FN4O2/c1-22(29,15-6-8-16(23)9-7-15)12-20(28)26-21-25-18-10-5-14(13-24)11-19(18)27(21)17-3-2-4-17/h5-11,17,29H,2-4,12H2,1H3,(H,25,26,28). The molecule has 6 nitrogen and oxygen atoms in total. The van der Waals surface area contributed by atoms with Crippen LogP contribution >= 0.6 is 0 Å². The maximum Gasteiger partial charge on any atom is 0.229 e. The number of rotatable bonds is 5. The average Bonchev–Trinajstić information content (AvgIpc) is 2.97. The van der Waals surface area contributed by atoms with Crippen molar-refractivity contribution in [1.82, 2.24) is 9.55 Å². The Hall–Kier alpha value is -3.24. The highest BCUT2D eigenvalue weighted by Crippen LogP contribution is 2.37. The summed E-state index contributed by atoms with van der Waals surface area (Å²) < 4.78 is 15.1. The Morgan fingerprint density at radius 2 is 2.07 bits per heavy atom. The van der Waals surface area contributed by atoms with Crippen molar-refractivity contribution in [3.8, 4) is 6.07 Å². The predicted molar refractivity (Wildman–Crippen MR) is 107 cm³/mol. The molecule has 1 aliphatic carbocycles. The molecule has 2 aromatic carbocycles. The van der Waals surface area contributed by atoms with E-state index in [1.807, 2.05) is 4.57 Å². The Labute approximate surface area is 167 Å². The molecule has 1 aromatic heterocycles. The predicted octanol–water partition coefficient (Wildman–Crippen LogP) is 4.01. The number of imidazole rings is 1. The molecular formula is C22H21FN4O2. The smallest absolute Gasteiger partial charge is 0.229 e. The number of hydrogen-bond acceptors (Lipinski definition) is 4. The summed E-state index contributed by atoms with van der Waals surface area (Å²) in [6, 6.07) is 13.1. The molecule has 0 saturated heterocycles. The van der Waals surface area contributed by atoms with E-state index in [-0.39, 0.29) is 12.5 Å². The number of nitrogens with zero attached hydrogens (tertiary/aromatic N) is 3. The van der Waals surface area contributed by atoms with Gasteiger partial charge in [-0.05, 0) is 62.1 Å². The molecule has 4 rings (SSSR count). The molecule has 1 saturated carbocycles. The van der Waals surface area contributed by atoms with Crippen LogP contribution in [-0.4, -0.2) is 20.6 Å². The minimum atomic E-state index is -1.45. The van der Waals surface area contributed by atoms with Crippen LogP contribution in [0, 0.1) is 17.1 Å². The third-order valence-corrected chi connectivity index (χ3v) is 5.48. The van der Waals surface area contributed by atoms with Gasteiger partial charge in [0.1, 0.15) is 5.82 Å². The number of nitriles is 1. The molecule has 1 fully saturated rings. The van der Waals surface area contributed by atoms with E-state index < -0.39 is 17.3 Å². The van der Waals surface area contributed by atoms with Gasteiger partial charge >= 0.3 is 0 Å². The van der Waals surface area contributed by atoms with E-state index in [0.717, 1.165) is 24.8 Å². The van der Waals surface area contributed by atoms with Crippen molar-refractivity contribution in [2.45, 2.75) is 44.2 Å². The fraction of sp³-hybridized carbons (Fsp3) is 0.318. The minimum Gasteiger partial charge on any atom is -0.385 e.